The number of hydrogen-bond donors (Lipinski definition) is 1. The zero-order chi connectivity index (χ0) is 30.8. The van der Waals surface area contributed by atoms with Crippen LogP contribution in [-0.4, -0.2) is 59.4 Å². The number of carbonyl (C=O) groups excluding carboxylic acids is 1. The predicted molar refractivity (Wildman–Crippen MR) is 169 cm³/mol. The van der Waals surface area contributed by atoms with E-state index in [0.29, 0.717) is 31.4 Å². The standard InChI is InChI=1S/C32H31ClF2N2O4S2/c1-36(32(39)40)21-8-10-22(11-9-21)37(31(38)30-28(33)27-24(34)12-13-25(35)29(27)43-30)17-20-15-19(7-14-26(20)41-2)18-5-4-6-23(16-18)42-3/h4-7,12-16,21-22H,8-11,17H2,1-3H3,(H,39,40). The fraction of sp³-hybridized carbons (Fsp3) is 0.312. The van der Waals surface area contributed by atoms with E-state index in [2.05, 4.69) is 6.07 Å². The van der Waals surface area contributed by atoms with Crippen molar-refractivity contribution in [2.75, 3.05) is 20.4 Å². The Morgan fingerprint density at radius 3 is 2.35 bits per heavy atom. The fourth-order valence-electron chi connectivity index (χ4n) is 5.71. The minimum absolute atomic E-state index is 0.00616. The minimum Gasteiger partial charge on any atom is -0.496 e. The maximum Gasteiger partial charge on any atom is 0.407 e. The molecule has 0 bridgehead atoms. The molecule has 11 heteroatoms. The molecule has 1 aromatic heterocycles. The third kappa shape index (κ3) is 6.32. The van der Waals surface area contributed by atoms with Crippen LogP contribution < -0.4 is 4.74 Å². The zero-order valence-electron chi connectivity index (χ0n) is 23.9. The van der Waals surface area contributed by atoms with Crippen molar-refractivity contribution >= 4 is 56.8 Å². The lowest BCUT2D eigenvalue weighted by Crippen LogP contribution is -2.46. The molecular formula is C32H31ClF2N2O4S2. The Hall–Kier alpha value is -3.34. The van der Waals surface area contributed by atoms with Crippen LogP contribution in [0, 0.1) is 11.6 Å². The second-order valence-electron chi connectivity index (χ2n) is 10.5. The summed E-state index contributed by atoms with van der Waals surface area (Å²) in [4.78, 5) is 30.0. The van der Waals surface area contributed by atoms with Crippen molar-refractivity contribution in [2.24, 2.45) is 0 Å². The molecule has 3 aromatic carbocycles. The highest BCUT2D eigenvalue weighted by Crippen LogP contribution is 2.41. The SMILES string of the molecule is COc1ccc(-c2cccc(SC)c2)cc1CN(C(=O)c1sc2c(F)ccc(F)c2c1Cl)C1CCC(N(C)C(=O)O)CC1. The summed E-state index contributed by atoms with van der Waals surface area (Å²) < 4.78 is 35.1. The van der Waals surface area contributed by atoms with Gasteiger partial charge in [0, 0.05) is 36.1 Å². The number of carbonyl (C=O) groups is 2. The van der Waals surface area contributed by atoms with Crippen molar-refractivity contribution in [3.8, 4) is 16.9 Å². The number of rotatable bonds is 8. The van der Waals surface area contributed by atoms with Crippen LogP contribution in [0.1, 0.15) is 40.9 Å². The Bertz CT molecular complexity index is 1670. The van der Waals surface area contributed by atoms with Crippen LogP contribution >= 0.6 is 34.7 Å². The van der Waals surface area contributed by atoms with Crippen molar-refractivity contribution < 1.29 is 28.2 Å². The summed E-state index contributed by atoms with van der Waals surface area (Å²) in [6.45, 7) is 0.164. The largest absolute Gasteiger partial charge is 0.496 e. The van der Waals surface area contributed by atoms with E-state index in [-0.39, 0.29) is 38.6 Å². The van der Waals surface area contributed by atoms with Gasteiger partial charge >= 0.3 is 6.09 Å². The molecule has 1 N–H and O–H groups in total. The molecule has 1 heterocycles. The van der Waals surface area contributed by atoms with Crippen molar-refractivity contribution in [1.82, 2.24) is 9.80 Å². The van der Waals surface area contributed by atoms with E-state index in [1.54, 1.807) is 30.8 Å². The lowest BCUT2D eigenvalue weighted by Gasteiger charge is -2.39. The summed E-state index contributed by atoms with van der Waals surface area (Å²) in [5, 5.41) is 9.26. The van der Waals surface area contributed by atoms with Crippen molar-refractivity contribution in [3.63, 3.8) is 0 Å². The number of carboxylic acid groups (broad SMARTS) is 1. The summed E-state index contributed by atoms with van der Waals surface area (Å²) in [7, 11) is 3.12. The number of thioether (sulfide) groups is 1. The Morgan fingerprint density at radius 1 is 1.02 bits per heavy atom. The number of ether oxygens (including phenoxy) is 1. The molecule has 2 amide bonds. The number of methoxy groups -OCH3 is 1. The molecule has 0 unspecified atom stereocenters. The molecule has 0 spiro atoms. The van der Waals surface area contributed by atoms with Crippen LogP contribution in [0.25, 0.3) is 21.2 Å². The second kappa shape index (κ2) is 13.1. The first kappa shape index (κ1) is 31.1. The molecule has 43 heavy (non-hydrogen) atoms. The number of benzene rings is 3. The summed E-state index contributed by atoms with van der Waals surface area (Å²) in [6, 6.07) is 15.6. The summed E-state index contributed by atoms with van der Waals surface area (Å²) in [5.74, 6) is -1.17. The Labute approximate surface area is 262 Å². The first-order chi connectivity index (χ1) is 20.6. The van der Waals surface area contributed by atoms with Gasteiger partial charge in [-0.1, -0.05) is 29.8 Å². The average Bonchev–Trinajstić information content (AvgIpc) is 3.39. The van der Waals surface area contributed by atoms with Gasteiger partial charge in [0.1, 0.15) is 22.3 Å². The molecule has 0 atom stereocenters. The number of halogens is 3. The average molecular weight is 645 g/mol. The van der Waals surface area contributed by atoms with E-state index in [1.165, 1.54) is 4.90 Å². The van der Waals surface area contributed by atoms with Crippen molar-refractivity contribution in [2.45, 2.75) is 49.2 Å². The Kier molecular flexibility index (Phi) is 9.48. The normalized spacial score (nSPS) is 16.7. The van der Waals surface area contributed by atoms with E-state index >= 15 is 0 Å². The lowest BCUT2D eigenvalue weighted by atomic mass is 9.89. The van der Waals surface area contributed by atoms with Crippen LogP contribution in [0.4, 0.5) is 13.6 Å². The Balaban J connectivity index is 1.54. The first-order valence-corrected chi connectivity index (χ1v) is 16.2. The molecule has 226 valence electrons. The van der Waals surface area contributed by atoms with Crippen LogP contribution in [-0.2, 0) is 6.54 Å². The van der Waals surface area contributed by atoms with E-state index in [0.717, 1.165) is 45.1 Å². The maximum absolute atomic E-state index is 14.7. The molecule has 1 aliphatic carbocycles. The third-order valence-electron chi connectivity index (χ3n) is 8.12. The van der Waals surface area contributed by atoms with Crippen LogP contribution in [0.2, 0.25) is 5.02 Å². The molecule has 1 fully saturated rings. The molecular weight excluding hydrogens is 614 g/mol. The van der Waals surface area contributed by atoms with Gasteiger partial charge in [-0.2, -0.15) is 0 Å². The second-order valence-corrected chi connectivity index (χ2v) is 12.8. The van der Waals surface area contributed by atoms with E-state index in [4.69, 9.17) is 16.3 Å². The first-order valence-electron chi connectivity index (χ1n) is 13.8. The molecule has 4 aromatic rings. The summed E-state index contributed by atoms with van der Waals surface area (Å²) >= 11 is 9.05. The highest BCUT2D eigenvalue weighted by Gasteiger charge is 2.34. The number of nitrogens with zero attached hydrogens (tertiary/aromatic N) is 2. The summed E-state index contributed by atoms with van der Waals surface area (Å²) in [5.41, 5.74) is 2.74. The zero-order valence-corrected chi connectivity index (χ0v) is 26.3. The molecule has 0 saturated heterocycles. The van der Waals surface area contributed by atoms with Crippen LogP contribution in [0.5, 0.6) is 5.75 Å². The van der Waals surface area contributed by atoms with Crippen LogP contribution in [0.15, 0.2) is 59.5 Å². The maximum atomic E-state index is 14.7. The lowest BCUT2D eigenvalue weighted by molar-refractivity contribution is 0.0555. The van der Waals surface area contributed by atoms with Gasteiger partial charge in [0.15, 0.2) is 0 Å². The smallest absolute Gasteiger partial charge is 0.407 e. The van der Waals surface area contributed by atoms with Gasteiger partial charge < -0.3 is 19.6 Å². The molecule has 0 radical (unpaired) electrons. The number of fused-ring (bicyclic) bond motifs is 1. The topological polar surface area (TPSA) is 70.1 Å². The highest BCUT2D eigenvalue weighted by molar-refractivity contribution is 7.98. The van der Waals surface area contributed by atoms with E-state index < -0.39 is 23.6 Å². The molecule has 0 aliphatic heterocycles. The van der Waals surface area contributed by atoms with Gasteiger partial charge in [-0.15, -0.1) is 23.1 Å². The van der Waals surface area contributed by atoms with E-state index in [9.17, 15) is 23.5 Å². The highest BCUT2D eigenvalue weighted by atomic mass is 35.5. The van der Waals surface area contributed by atoms with E-state index in [1.807, 2.05) is 42.7 Å². The molecule has 1 aliphatic rings. The number of hydrogen-bond acceptors (Lipinski definition) is 5. The van der Waals surface area contributed by atoms with Crippen molar-refractivity contribution in [1.29, 1.82) is 0 Å². The van der Waals surface area contributed by atoms with Crippen LogP contribution in [0.3, 0.4) is 0 Å². The summed E-state index contributed by atoms with van der Waals surface area (Å²) in [6.07, 6.45) is 3.26. The van der Waals surface area contributed by atoms with Gasteiger partial charge in [-0.25, -0.2) is 13.6 Å². The third-order valence-corrected chi connectivity index (χ3v) is 10.5. The quantitative estimate of drug-likeness (QED) is 0.194. The van der Waals surface area contributed by atoms with Crippen molar-refractivity contribution in [3.05, 3.63) is 81.7 Å². The molecule has 5 rings (SSSR count). The van der Waals surface area contributed by atoms with Gasteiger partial charge in [0.2, 0.25) is 0 Å². The molecule has 1 saturated carbocycles. The minimum atomic E-state index is -0.996. The Morgan fingerprint density at radius 2 is 1.70 bits per heavy atom. The predicted octanol–water partition coefficient (Wildman–Crippen LogP) is 8.79. The fourth-order valence-corrected chi connectivity index (χ4v) is 7.68. The van der Waals surface area contributed by atoms with Gasteiger partial charge in [-0.05, 0) is 79.5 Å². The number of amides is 2. The number of thiophene rings is 1. The van der Waals surface area contributed by atoms with Gasteiger partial charge in [-0.3, -0.25) is 4.79 Å². The monoisotopic (exact) mass is 644 g/mol. The van der Waals surface area contributed by atoms with Gasteiger partial charge in [0.25, 0.3) is 5.91 Å². The van der Waals surface area contributed by atoms with Gasteiger partial charge in [0.05, 0.1) is 22.2 Å². The molecule has 6 nitrogen and oxygen atoms in total.